The van der Waals surface area contributed by atoms with Gasteiger partial charge in [-0.05, 0) is 30.7 Å². The lowest BCUT2D eigenvalue weighted by Gasteiger charge is -2.38. The lowest BCUT2D eigenvalue weighted by atomic mass is 9.73. The maximum absolute atomic E-state index is 5.84. The van der Waals surface area contributed by atoms with Crippen LogP contribution in [-0.4, -0.2) is 19.8 Å². The SMILES string of the molecule is NCC1CCOCC1C1CCCCC1. The zero-order valence-corrected chi connectivity index (χ0v) is 9.08. The molecule has 0 aromatic rings. The first-order chi connectivity index (χ1) is 6.92. The van der Waals surface area contributed by atoms with Crippen LogP contribution in [0, 0.1) is 17.8 Å². The molecule has 1 aliphatic heterocycles. The van der Waals surface area contributed by atoms with E-state index in [1.54, 1.807) is 0 Å². The van der Waals surface area contributed by atoms with Gasteiger partial charge in [-0.15, -0.1) is 0 Å². The van der Waals surface area contributed by atoms with Crippen LogP contribution < -0.4 is 5.73 Å². The Kier molecular flexibility index (Phi) is 3.82. The van der Waals surface area contributed by atoms with Gasteiger partial charge in [0.25, 0.3) is 0 Å². The van der Waals surface area contributed by atoms with Crippen molar-refractivity contribution in [3.8, 4) is 0 Å². The fourth-order valence-corrected chi connectivity index (χ4v) is 3.18. The van der Waals surface area contributed by atoms with Crippen molar-refractivity contribution in [2.45, 2.75) is 38.5 Å². The van der Waals surface area contributed by atoms with Crippen LogP contribution in [-0.2, 0) is 4.74 Å². The van der Waals surface area contributed by atoms with Crippen molar-refractivity contribution in [1.29, 1.82) is 0 Å². The normalized spacial score (nSPS) is 35.8. The standard InChI is InChI=1S/C12H23NO/c13-8-11-6-7-14-9-12(11)10-4-2-1-3-5-10/h10-12H,1-9,13H2. The van der Waals surface area contributed by atoms with Crippen LogP contribution in [0.5, 0.6) is 0 Å². The zero-order chi connectivity index (χ0) is 9.80. The van der Waals surface area contributed by atoms with Crippen LogP contribution in [0.25, 0.3) is 0 Å². The van der Waals surface area contributed by atoms with Crippen molar-refractivity contribution in [1.82, 2.24) is 0 Å². The average Bonchev–Trinajstić information content (AvgIpc) is 2.30. The molecule has 1 saturated heterocycles. The smallest absolute Gasteiger partial charge is 0.0500 e. The molecule has 1 saturated carbocycles. The molecule has 2 unspecified atom stereocenters. The summed E-state index contributed by atoms with van der Waals surface area (Å²) in [6, 6.07) is 0. The van der Waals surface area contributed by atoms with Crippen molar-refractivity contribution in [2.75, 3.05) is 19.8 Å². The molecule has 0 aromatic heterocycles. The van der Waals surface area contributed by atoms with Gasteiger partial charge in [0.2, 0.25) is 0 Å². The van der Waals surface area contributed by atoms with Gasteiger partial charge in [-0.2, -0.15) is 0 Å². The molecule has 2 heteroatoms. The second kappa shape index (κ2) is 5.13. The molecule has 2 N–H and O–H groups in total. The van der Waals surface area contributed by atoms with Gasteiger partial charge in [0.1, 0.15) is 0 Å². The van der Waals surface area contributed by atoms with E-state index in [2.05, 4.69) is 0 Å². The van der Waals surface area contributed by atoms with Crippen LogP contribution in [0.2, 0.25) is 0 Å². The highest BCUT2D eigenvalue weighted by Crippen LogP contribution is 2.36. The minimum Gasteiger partial charge on any atom is -0.381 e. The quantitative estimate of drug-likeness (QED) is 0.736. The number of hydrogen-bond donors (Lipinski definition) is 1. The lowest BCUT2D eigenvalue weighted by Crippen LogP contribution is -2.38. The number of hydrogen-bond acceptors (Lipinski definition) is 2. The highest BCUT2D eigenvalue weighted by molar-refractivity contribution is 4.82. The van der Waals surface area contributed by atoms with Gasteiger partial charge in [-0.3, -0.25) is 0 Å². The van der Waals surface area contributed by atoms with Crippen molar-refractivity contribution in [2.24, 2.45) is 23.5 Å². The van der Waals surface area contributed by atoms with E-state index in [4.69, 9.17) is 10.5 Å². The van der Waals surface area contributed by atoms with Crippen LogP contribution in [0.15, 0.2) is 0 Å². The zero-order valence-electron chi connectivity index (χ0n) is 9.08. The molecular formula is C12H23NO. The first-order valence-corrected chi connectivity index (χ1v) is 6.19. The molecule has 0 amide bonds. The Morgan fingerprint density at radius 2 is 1.86 bits per heavy atom. The Labute approximate surface area is 87.2 Å². The molecule has 1 heterocycles. The van der Waals surface area contributed by atoms with Crippen LogP contribution in [0.1, 0.15) is 38.5 Å². The average molecular weight is 197 g/mol. The van der Waals surface area contributed by atoms with Crippen molar-refractivity contribution in [3.05, 3.63) is 0 Å². The Balaban J connectivity index is 1.91. The predicted molar refractivity (Wildman–Crippen MR) is 58.0 cm³/mol. The molecule has 2 rings (SSSR count). The minimum atomic E-state index is 0.742. The lowest BCUT2D eigenvalue weighted by molar-refractivity contribution is -0.0137. The predicted octanol–water partition coefficient (Wildman–Crippen LogP) is 2.18. The third-order valence-electron chi connectivity index (χ3n) is 4.11. The van der Waals surface area contributed by atoms with Crippen molar-refractivity contribution >= 4 is 0 Å². The summed E-state index contributed by atoms with van der Waals surface area (Å²) in [7, 11) is 0. The molecule has 2 nitrogen and oxygen atoms in total. The summed E-state index contributed by atoms with van der Waals surface area (Å²) in [5.41, 5.74) is 5.84. The molecule has 0 radical (unpaired) electrons. The Morgan fingerprint density at radius 3 is 2.57 bits per heavy atom. The fraction of sp³-hybridized carbons (Fsp3) is 1.00. The van der Waals surface area contributed by atoms with Gasteiger partial charge in [-0.25, -0.2) is 0 Å². The molecule has 1 aliphatic carbocycles. The molecule has 82 valence electrons. The second-order valence-electron chi connectivity index (χ2n) is 4.92. The van der Waals surface area contributed by atoms with E-state index in [1.165, 1.54) is 38.5 Å². The largest absolute Gasteiger partial charge is 0.381 e. The first-order valence-electron chi connectivity index (χ1n) is 6.19. The Hall–Kier alpha value is -0.0800. The number of nitrogens with two attached hydrogens (primary N) is 1. The topological polar surface area (TPSA) is 35.2 Å². The number of rotatable bonds is 2. The minimum absolute atomic E-state index is 0.742. The van der Waals surface area contributed by atoms with Crippen molar-refractivity contribution < 1.29 is 4.74 Å². The monoisotopic (exact) mass is 197 g/mol. The van der Waals surface area contributed by atoms with E-state index in [9.17, 15) is 0 Å². The fourth-order valence-electron chi connectivity index (χ4n) is 3.18. The molecule has 2 atom stereocenters. The van der Waals surface area contributed by atoms with E-state index >= 15 is 0 Å². The van der Waals surface area contributed by atoms with E-state index in [0.29, 0.717) is 0 Å². The molecule has 14 heavy (non-hydrogen) atoms. The van der Waals surface area contributed by atoms with E-state index in [-0.39, 0.29) is 0 Å². The van der Waals surface area contributed by atoms with E-state index in [1.807, 2.05) is 0 Å². The molecule has 0 spiro atoms. The summed E-state index contributed by atoms with van der Waals surface area (Å²) >= 11 is 0. The van der Waals surface area contributed by atoms with Gasteiger partial charge in [0.15, 0.2) is 0 Å². The molecule has 2 fully saturated rings. The Morgan fingerprint density at radius 1 is 1.07 bits per heavy atom. The summed E-state index contributed by atoms with van der Waals surface area (Å²) in [6.45, 7) is 2.78. The molecular weight excluding hydrogens is 174 g/mol. The maximum Gasteiger partial charge on any atom is 0.0500 e. The summed E-state index contributed by atoms with van der Waals surface area (Å²) in [5, 5.41) is 0. The summed E-state index contributed by atoms with van der Waals surface area (Å²) in [4.78, 5) is 0. The molecule has 0 aromatic carbocycles. The third kappa shape index (κ3) is 2.29. The summed E-state index contributed by atoms with van der Waals surface area (Å²) in [5.74, 6) is 2.43. The molecule has 0 bridgehead atoms. The highest BCUT2D eigenvalue weighted by atomic mass is 16.5. The first kappa shape index (κ1) is 10.4. The second-order valence-corrected chi connectivity index (χ2v) is 4.92. The molecule has 2 aliphatic rings. The van der Waals surface area contributed by atoms with E-state index in [0.717, 1.165) is 37.5 Å². The van der Waals surface area contributed by atoms with Gasteiger partial charge in [0, 0.05) is 13.2 Å². The Bertz CT molecular complexity index is 166. The van der Waals surface area contributed by atoms with Crippen molar-refractivity contribution in [3.63, 3.8) is 0 Å². The number of ether oxygens (including phenoxy) is 1. The van der Waals surface area contributed by atoms with Gasteiger partial charge in [0.05, 0.1) is 0 Å². The van der Waals surface area contributed by atoms with Gasteiger partial charge in [-0.1, -0.05) is 32.1 Å². The summed E-state index contributed by atoms with van der Waals surface area (Å²) < 4.78 is 5.61. The van der Waals surface area contributed by atoms with Crippen LogP contribution in [0.4, 0.5) is 0 Å². The third-order valence-corrected chi connectivity index (χ3v) is 4.11. The van der Waals surface area contributed by atoms with E-state index < -0.39 is 0 Å². The van der Waals surface area contributed by atoms with Gasteiger partial charge < -0.3 is 10.5 Å². The van der Waals surface area contributed by atoms with Crippen LogP contribution in [0.3, 0.4) is 0 Å². The summed E-state index contributed by atoms with van der Waals surface area (Å²) in [6.07, 6.45) is 8.33. The maximum atomic E-state index is 5.84. The highest BCUT2D eigenvalue weighted by Gasteiger charge is 2.32. The van der Waals surface area contributed by atoms with Gasteiger partial charge >= 0.3 is 0 Å². The van der Waals surface area contributed by atoms with Crippen LogP contribution >= 0.6 is 0 Å².